The Balaban J connectivity index is 1.88. The molecular formula is C12H15N3O. The van der Waals surface area contributed by atoms with Gasteiger partial charge in [0, 0.05) is 31.7 Å². The van der Waals surface area contributed by atoms with Crippen molar-refractivity contribution in [2.24, 2.45) is 0 Å². The average molecular weight is 217 g/mol. The van der Waals surface area contributed by atoms with E-state index in [0.717, 1.165) is 43.7 Å². The Labute approximate surface area is 94.7 Å². The van der Waals surface area contributed by atoms with E-state index in [-0.39, 0.29) is 5.91 Å². The summed E-state index contributed by atoms with van der Waals surface area (Å²) in [6.07, 6.45) is 3.72. The molecule has 1 fully saturated rings. The molecule has 3 rings (SSSR count). The van der Waals surface area contributed by atoms with Crippen LogP contribution >= 0.6 is 0 Å². The first-order valence-corrected chi connectivity index (χ1v) is 5.82. The summed E-state index contributed by atoms with van der Waals surface area (Å²) in [4.78, 5) is 18.5. The lowest BCUT2D eigenvalue weighted by Crippen LogP contribution is -2.45. The second kappa shape index (κ2) is 3.87. The largest absolute Gasteiger partial charge is 0.334 e. The molecule has 0 aromatic carbocycles. The van der Waals surface area contributed by atoms with Crippen molar-refractivity contribution in [2.75, 3.05) is 19.6 Å². The number of nitrogens with zero attached hydrogens (tertiary/aromatic N) is 2. The van der Waals surface area contributed by atoms with Crippen molar-refractivity contribution in [3.8, 4) is 0 Å². The lowest BCUT2D eigenvalue weighted by atomic mass is 10.0. The van der Waals surface area contributed by atoms with Crippen LogP contribution in [0.1, 0.15) is 22.5 Å². The third kappa shape index (κ3) is 1.50. The molecule has 1 aromatic heterocycles. The molecule has 4 heteroatoms. The Bertz CT molecular complexity index is 412. The smallest absolute Gasteiger partial charge is 0.256 e. The highest BCUT2D eigenvalue weighted by molar-refractivity contribution is 5.96. The van der Waals surface area contributed by atoms with E-state index in [1.165, 1.54) is 0 Å². The van der Waals surface area contributed by atoms with Crippen molar-refractivity contribution in [3.05, 3.63) is 29.6 Å². The number of amides is 1. The van der Waals surface area contributed by atoms with Crippen LogP contribution in [0.2, 0.25) is 0 Å². The molecule has 2 aliphatic rings. The fourth-order valence-electron chi connectivity index (χ4n) is 2.57. The number of hydrogen-bond donors (Lipinski definition) is 1. The van der Waals surface area contributed by atoms with Gasteiger partial charge < -0.3 is 10.2 Å². The van der Waals surface area contributed by atoms with E-state index in [2.05, 4.69) is 10.3 Å². The maximum atomic E-state index is 12.3. The summed E-state index contributed by atoms with van der Waals surface area (Å²) < 4.78 is 0. The van der Waals surface area contributed by atoms with E-state index in [1.807, 2.05) is 17.0 Å². The molecule has 0 spiro atoms. The zero-order chi connectivity index (χ0) is 11.0. The zero-order valence-electron chi connectivity index (χ0n) is 9.15. The molecule has 84 valence electrons. The first kappa shape index (κ1) is 9.78. The monoisotopic (exact) mass is 217 g/mol. The summed E-state index contributed by atoms with van der Waals surface area (Å²) >= 11 is 0. The van der Waals surface area contributed by atoms with Gasteiger partial charge in [0.1, 0.15) is 0 Å². The molecule has 1 unspecified atom stereocenters. The van der Waals surface area contributed by atoms with Gasteiger partial charge in [0.25, 0.3) is 5.91 Å². The van der Waals surface area contributed by atoms with Gasteiger partial charge in [-0.05, 0) is 25.1 Å². The van der Waals surface area contributed by atoms with Crippen LogP contribution in [0.4, 0.5) is 0 Å². The van der Waals surface area contributed by atoms with E-state index in [0.29, 0.717) is 6.04 Å². The van der Waals surface area contributed by atoms with Crippen LogP contribution in [-0.2, 0) is 6.42 Å². The minimum absolute atomic E-state index is 0.156. The summed E-state index contributed by atoms with van der Waals surface area (Å²) in [6, 6.07) is 4.10. The van der Waals surface area contributed by atoms with E-state index in [1.54, 1.807) is 6.20 Å². The minimum atomic E-state index is 0.156. The molecule has 0 radical (unpaired) electrons. The molecule has 0 aliphatic carbocycles. The third-order valence-electron chi connectivity index (χ3n) is 3.45. The van der Waals surface area contributed by atoms with Crippen molar-refractivity contribution < 1.29 is 4.79 Å². The Morgan fingerprint density at radius 3 is 3.25 bits per heavy atom. The predicted molar refractivity (Wildman–Crippen MR) is 60.3 cm³/mol. The van der Waals surface area contributed by atoms with Gasteiger partial charge in [-0.15, -0.1) is 0 Å². The Morgan fingerprint density at radius 1 is 1.50 bits per heavy atom. The van der Waals surface area contributed by atoms with Gasteiger partial charge in [-0.25, -0.2) is 0 Å². The summed E-state index contributed by atoms with van der Waals surface area (Å²) in [5, 5.41) is 3.30. The average Bonchev–Trinajstić information content (AvgIpc) is 2.83. The molecule has 0 saturated carbocycles. The van der Waals surface area contributed by atoms with Crippen LogP contribution in [0.25, 0.3) is 0 Å². The standard InChI is InChI=1S/C12H15N3O/c16-12-10-2-1-5-14-11(10)4-7-15(12)9-3-6-13-8-9/h1-2,5,9,13H,3-4,6-8H2. The number of carbonyl (C=O) groups excluding carboxylic acids is 1. The van der Waals surface area contributed by atoms with Gasteiger partial charge in [-0.1, -0.05) is 0 Å². The molecule has 1 saturated heterocycles. The predicted octanol–water partition coefficient (Wildman–Crippen LogP) is 0.442. The van der Waals surface area contributed by atoms with Crippen LogP contribution in [-0.4, -0.2) is 41.5 Å². The second-order valence-electron chi connectivity index (χ2n) is 4.39. The molecule has 1 aromatic rings. The van der Waals surface area contributed by atoms with Gasteiger partial charge in [0.2, 0.25) is 0 Å². The molecule has 1 amide bonds. The lowest BCUT2D eigenvalue weighted by molar-refractivity contribution is 0.0672. The molecule has 0 bridgehead atoms. The Morgan fingerprint density at radius 2 is 2.44 bits per heavy atom. The van der Waals surface area contributed by atoms with Crippen LogP contribution in [0.15, 0.2) is 18.3 Å². The molecule has 1 N–H and O–H groups in total. The van der Waals surface area contributed by atoms with Crippen molar-refractivity contribution in [1.82, 2.24) is 15.2 Å². The fraction of sp³-hybridized carbons (Fsp3) is 0.500. The van der Waals surface area contributed by atoms with Gasteiger partial charge in [-0.2, -0.15) is 0 Å². The topological polar surface area (TPSA) is 45.2 Å². The third-order valence-corrected chi connectivity index (χ3v) is 3.45. The van der Waals surface area contributed by atoms with Crippen LogP contribution in [0, 0.1) is 0 Å². The number of pyridine rings is 1. The molecule has 4 nitrogen and oxygen atoms in total. The van der Waals surface area contributed by atoms with Crippen molar-refractivity contribution >= 4 is 5.91 Å². The fourth-order valence-corrected chi connectivity index (χ4v) is 2.57. The van der Waals surface area contributed by atoms with E-state index >= 15 is 0 Å². The van der Waals surface area contributed by atoms with Crippen molar-refractivity contribution in [1.29, 1.82) is 0 Å². The number of aromatic nitrogens is 1. The number of fused-ring (bicyclic) bond motifs is 1. The molecule has 1 atom stereocenters. The molecule has 3 heterocycles. The number of hydrogen-bond acceptors (Lipinski definition) is 3. The highest BCUT2D eigenvalue weighted by Crippen LogP contribution is 2.20. The molecule has 2 aliphatic heterocycles. The van der Waals surface area contributed by atoms with Gasteiger partial charge >= 0.3 is 0 Å². The normalized spacial score (nSPS) is 24.6. The van der Waals surface area contributed by atoms with Crippen LogP contribution in [0.5, 0.6) is 0 Å². The van der Waals surface area contributed by atoms with E-state index in [9.17, 15) is 4.79 Å². The lowest BCUT2D eigenvalue weighted by Gasteiger charge is -2.32. The summed E-state index contributed by atoms with van der Waals surface area (Å²) in [6.45, 7) is 2.77. The highest BCUT2D eigenvalue weighted by Gasteiger charge is 2.31. The second-order valence-corrected chi connectivity index (χ2v) is 4.39. The molecule has 16 heavy (non-hydrogen) atoms. The van der Waals surface area contributed by atoms with Crippen LogP contribution < -0.4 is 5.32 Å². The minimum Gasteiger partial charge on any atom is -0.334 e. The van der Waals surface area contributed by atoms with Gasteiger partial charge in [-0.3, -0.25) is 9.78 Å². The highest BCUT2D eigenvalue weighted by atomic mass is 16.2. The van der Waals surface area contributed by atoms with Gasteiger partial charge in [0.05, 0.1) is 11.3 Å². The maximum Gasteiger partial charge on any atom is 0.256 e. The van der Waals surface area contributed by atoms with E-state index in [4.69, 9.17) is 0 Å². The van der Waals surface area contributed by atoms with E-state index < -0.39 is 0 Å². The Kier molecular flexibility index (Phi) is 2.36. The van der Waals surface area contributed by atoms with Crippen LogP contribution in [0.3, 0.4) is 0 Å². The SMILES string of the molecule is O=C1c2cccnc2CCN1C1CCNC1. The van der Waals surface area contributed by atoms with Crippen molar-refractivity contribution in [2.45, 2.75) is 18.9 Å². The van der Waals surface area contributed by atoms with Crippen molar-refractivity contribution in [3.63, 3.8) is 0 Å². The zero-order valence-corrected chi connectivity index (χ0v) is 9.15. The number of nitrogens with one attached hydrogen (secondary N) is 1. The number of rotatable bonds is 1. The summed E-state index contributed by atoms with van der Waals surface area (Å²) in [5.41, 5.74) is 1.75. The quantitative estimate of drug-likeness (QED) is 0.742. The first-order chi connectivity index (χ1) is 7.86. The van der Waals surface area contributed by atoms with Gasteiger partial charge in [0.15, 0.2) is 0 Å². The summed E-state index contributed by atoms with van der Waals surface area (Å²) in [5.74, 6) is 0.156. The molecular weight excluding hydrogens is 202 g/mol. The maximum absolute atomic E-state index is 12.3. The first-order valence-electron chi connectivity index (χ1n) is 5.82. The number of carbonyl (C=O) groups is 1. The summed E-state index contributed by atoms with van der Waals surface area (Å²) in [7, 11) is 0. The Hall–Kier alpha value is -1.42.